The second kappa shape index (κ2) is 7.67. The van der Waals surface area contributed by atoms with Crippen LogP contribution >= 0.6 is 28.2 Å². The van der Waals surface area contributed by atoms with Crippen LogP contribution in [0.15, 0.2) is 33.7 Å². The first kappa shape index (κ1) is 16.9. The quantitative estimate of drug-likeness (QED) is 0.135. The summed E-state index contributed by atoms with van der Waals surface area (Å²) in [6.07, 6.45) is 0. The van der Waals surface area contributed by atoms with Gasteiger partial charge in [-0.15, -0.1) is 0 Å². The van der Waals surface area contributed by atoms with E-state index in [0.29, 0.717) is 20.4 Å². The van der Waals surface area contributed by atoms with E-state index in [9.17, 15) is 0 Å². The van der Waals surface area contributed by atoms with E-state index in [4.69, 9.17) is 0 Å². The van der Waals surface area contributed by atoms with Crippen molar-refractivity contribution >= 4 is 44.4 Å². The minimum absolute atomic E-state index is 0.0114. The van der Waals surface area contributed by atoms with E-state index in [0.717, 1.165) is 1.93 Å². The van der Waals surface area contributed by atoms with Crippen molar-refractivity contribution in [3.8, 4) is 0 Å². The fourth-order valence-electron chi connectivity index (χ4n) is 1.60. The molecule has 2 rings (SSSR count). The summed E-state index contributed by atoms with van der Waals surface area (Å²) in [5.41, 5.74) is -0.792. The van der Waals surface area contributed by atoms with E-state index >= 15 is 0 Å². The van der Waals surface area contributed by atoms with Crippen molar-refractivity contribution in [2.75, 3.05) is 0 Å². The van der Waals surface area contributed by atoms with Crippen molar-refractivity contribution in [3.05, 3.63) is 33.7 Å². The van der Waals surface area contributed by atoms with Gasteiger partial charge in [-0.3, -0.25) is 0 Å². The van der Waals surface area contributed by atoms with Gasteiger partial charge in [0.25, 0.3) is 0 Å². The molecule has 1 unspecified atom stereocenters. The Hall–Kier alpha value is 1.51. The molecule has 0 fully saturated rings. The SMILES string of the molecule is CC([I-]P(c1ccsc1)c1ccsc1)[I-][Si](C)(C)C. The topological polar surface area (TPSA) is 0 Å². The number of hydrogen-bond acceptors (Lipinski definition) is 2. The molecular formula is C13H19I2PS2Si-2. The van der Waals surface area contributed by atoms with E-state index in [1.165, 1.54) is 0 Å². The van der Waals surface area contributed by atoms with Gasteiger partial charge in [-0.05, 0) is 0 Å². The van der Waals surface area contributed by atoms with E-state index in [2.05, 4.69) is 60.2 Å². The Bertz CT molecular complexity index is 445. The maximum atomic E-state index is 2.55. The third-order valence-corrected chi connectivity index (χ3v) is 31.2. The number of hydrogen-bond donors (Lipinski definition) is 0. The molecule has 0 nitrogen and oxygen atoms in total. The van der Waals surface area contributed by atoms with Gasteiger partial charge in [0.2, 0.25) is 0 Å². The second-order valence-corrected chi connectivity index (χ2v) is 35.0. The summed E-state index contributed by atoms with van der Waals surface area (Å²) in [7, 11) is 0. The minimum atomic E-state index is -0.804. The summed E-state index contributed by atoms with van der Waals surface area (Å²) in [5.74, 6) is 0. The molecule has 2 aromatic heterocycles. The molecule has 1 atom stereocenters. The van der Waals surface area contributed by atoms with Gasteiger partial charge in [-0.25, -0.2) is 0 Å². The summed E-state index contributed by atoms with van der Waals surface area (Å²) >= 11 is 4.45. The number of halogens is 2. The van der Waals surface area contributed by atoms with Crippen molar-refractivity contribution < 1.29 is 41.1 Å². The molecule has 0 radical (unpaired) electrons. The molecule has 19 heavy (non-hydrogen) atoms. The maximum absolute atomic E-state index is 2.55. The number of thiophene rings is 2. The van der Waals surface area contributed by atoms with Gasteiger partial charge in [0, 0.05) is 0 Å². The van der Waals surface area contributed by atoms with Crippen LogP contribution in [0.2, 0.25) is 19.6 Å². The Morgan fingerprint density at radius 3 is 1.95 bits per heavy atom. The van der Waals surface area contributed by atoms with Crippen molar-refractivity contribution in [1.82, 2.24) is 0 Å². The molecular weight excluding hydrogens is 533 g/mol. The van der Waals surface area contributed by atoms with Gasteiger partial charge in [0.1, 0.15) is 0 Å². The van der Waals surface area contributed by atoms with E-state index in [1.54, 1.807) is 10.6 Å². The van der Waals surface area contributed by atoms with Gasteiger partial charge in [0.15, 0.2) is 0 Å². The fraction of sp³-hybridized carbons (Fsp3) is 0.385. The molecule has 2 heterocycles. The van der Waals surface area contributed by atoms with Crippen LogP contribution < -0.4 is 51.7 Å². The summed E-state index contributed by atoms with van der Waals surface area (Å²) in [6.45, 7) is 10.2. The van der Waals surface area contributed by atoms with Crippen LogP contribution in [0.25, 0.3) is 0 Å². The molecule has 108 valence electrons. The first-order valence-electron chi connectivity index (χ1n) is 6.08. The average Bonchev–Trinajstić information content (AvgIpc) is 2.97. The zero-order valence-corrected chi connectivity index (χ0v) is 19.4. The molecule has 0 saturated heterocycles. The summed E-state index contributed by atoms with van der Waals surface area (Å²) in [4.78, 5) is 0. The third kappa shape index (κ3) is 5.66. The Balaban J connectivity index is 2.12. The average molecular weight is 552 g/mol. The van der Waals surface area contributed by atoms with Crippen LogP contribution in [0.1, 0.15) is 6.92 Å². The van der Waals surface area contributed by atoms with Crippen LogP contribution in [0, 0.1) is 0 Å². The molecule has 0 aliphatic heterocycles. The normalized spacial score (nSPS) is 14.4. The van der Waals surface area contributed by atoms with Gasteiger partial charge in [-0.1, -0.05) is 0 Å². The third-order valence-electron chi connectivity index (χ3n) is 2.18. The Morgan fingerprint density at radius 2 is 1.58 bits per heavy atom. The molecule has 0 aromatic carbocycles. The first-order valence-corrected chi connectivity index (χ1v) is 21.2. The molecule has 0 aliphatic carbocycles. The first-order chi connectivity index (χ1) is 8.96. The predicted molar refractivity (Wildman–Crippen MR) is 87.6 cm³/mol. The molecule has 0 amide bonds. The fourth-order valence-corrected chi connectivity index (χ4v) is 46.9. The number of alkyl halides is 2. The van der Waals surface area contributed by atoms with Crippen LogP contribution in [0.5, 0.6) is 0 Å². The van der Waals surface area contributed by atoms with Crippen molar-refractivity contribution in [3.63, 3.8) is 0 Å². The molecule has 0 N–H and O–H groups in total. The molecule has 2 aromatic rings. The zero-order valence-electron chi connectivity index (χ0n) is 11.6. The van der Waals surface area contributed by atoms with Gasteiger partial charge < -0.3 is 0 Å². The van der Waals surface area contributed by atoms with E-state index in [-0.39, 0.29) is 26.2 Å². The summed E-state index contributed by atoms with van der Waals surface area (Å²) in [5, 5.41) is 12.6. The zero-order chi connectivity index (χ0) is 13.9. The number of rotatable bonds is 6. The summed E-state index contributed by atoms with van der Waals surface area (Å²) in [6, 6.07) is 4.74. The molecule has 0 saturated carbocycles. The second-order valence-electron chi connectivity index (χ2n) is 5.04. The van der Waals surface area contributed by atoms with Gasteiger partial charge in [0.05, 0.1) is 0 Å². The van der Waals surface area contributed by atoms with Crippen molar-refractivity contribution in [2.45, 2.75) is 28.5 Å². The Morgan fingerprint density at radius 1 is 1.05 bits per heavy atom. The van der Waals surface area contributed by atoms with E-state index in [1.807, 2.05) is 22.7 Å². The Kier molecular flexibility index (Phi) is 6.81. The molecule has 0 bridgehead atoms. The molecule has 6 heteroatoms. The van der Waals surface area contributed by atoms with Crippen molar-refractivity contribution in [1.29, 1.82) is 0 Å². The Labute approximate surface area is 146 Å². The van der Waals surface area contributed by atoms with Crippen LogP contribution in [0.3, 0.4) is 0 Å². The van der Waals surface area contributed by atoms with Crippen LogP contribution in [0.4, 0.5) is 0 Å². The van der Waals surface area contributed by atoms with Gasteiger partial charge in [-0.2, -0.15) is 0 Å². The standard InChI is InChI=1S/C13H19I2PS2Si/c1-11(15-19(2,3)4)14-16(12-5-7-17-9-12)13-6-8-18-10-13/h5-11H,1-4H3/q-2. The van der Waals surface area contributed by atoms with Gasteiger partial charge >= 0.3 is 148 Å². The monoisotopic (exact) mass is 552 g/mol. The summed E-state index contributed by atoms with van der Waals surface area (Å²) < 4.78 is 1.06. The predicted octanol–water partition coefficient (Wildman–Crippen LogP) is -1.48. The van der Waals surface area contributed by atoms with Crippen LogP contribution in [-0.4, -0.2) is 7.50 Å². The van der Waals surface area contributed by atoms with Crippen LogP contribution in [-0.2, 0) is 0 Å². The van der Waals surface area contributed by atoms with Crippen molar-refractivity contribution in [2.24, 2.45) is 0 Å². The molecule has 0 aliphatic rings. The van der Waals surface area contributed by atoms with E-state index < -0.39 is 5.57 Å². The molecule has 0 spiro atoms.